The highest BCUT2D eigenvalue weighted by molar-refractivity contribution is 7.99. The maximum Gasteiger partial charge on any atom is 0.345 e. The molecule has 0 bridgehead atoms. The average molecular weight is 400 g/mol. The van der Waals surface area contributed by atoms with Crippen LogP contribution >= 0.6 is 11.8 Å². The van der Waals surface area contributed by atoms with Gasteiger partial charge in [-0.1, -0.05) is 84.6 Å². The summed E-state index contributed by atoms with van der Waals surface area (Å²) in [7, 11) is 0. The van der Waals surface area contributed by atoms with Crippen molar-refractivity contribution in [2.45, 2.75) is 22.3 Å². The van der Waals surface area contributed by atoms with Crippen LogP contribution in [-0.4, -0.2) is 17.2 Å². The molecular weight excluding hydrogens is 380 g/mol. The topological polar surface area (TPSA) is 46.5 Å². The minimum atomic E-state index is -0.975. The molecule has 1 atom stereocenters. The van der Waals surface area contributed by atoms with Gasteiger partial charge in [-0.25, -0.2) is 4.79 Å². The molecule has 0 saturated heterocycles. The second kappa shape index (κ2) is 8.84. The lowest BCUT2D eigenvalue weighted by Crippen LogP contribution is -2.29. The fourth-order valence-corrected chi connectivity index (χ4v) is 4.19. The molecule has 1 N–H and O–H groups in total. The van der Waals surface area contributed by atoms with Crippen LogP contribution in [0.2, 0.25) is 0 Å². The summed E-state index contributed by atoms with van der Waals surface area (Å²) in [5.41, 5.74) is 0.953. The number of rotatable bonds is 7. The van der Waals surface area contributed by atoms with Gasteiger partial charge in [-0.05, 0) is 35.2 Å². The molecule has 0 aromatic heterocycles. The number of ether oxygens (including phenoxy) is 1. The fourth-order valence-electron chi connectivity index (χ4n) is 3.22. The molecule has 1 unspecified atom stereocenters. The molecule has 3 nitrogen and oxygen atoms in total. The molecule has 0 radical (unpaired) electrons. The normalized spacial score (nSPS) is 11.9. The molecule has 0 aliphatic heterocycles. The first-order valence-corrected chi connectivity index (χ1v) is 10.2. The highest BCUT2D eigenvalue weighted by atomic mass is 32.2. The number of benzene rings is 4. The van der Waals surface area contributed by atoms with Gasteiger partial charge >= 0.3 is 5.97 Å². The van der Waals surface area contributed by atoms with Crippen molar-refractivity contribution in [3.8, 4) is 5.75 Å². The Morgan fingerprint density at radius 2 is 1.52 bits per heavy atom. The predicted molar refractivity (Wildman–Crippen MR) is 117 cm³/mol. The van der Waals surface area contributed by atoms with E-state index in [9.17, 15) is 9.90 Å². The van der Waals surface area contributed by atoms with Gasteiger partial charge in [0.1, 0.15) is 5.75 Å². The van der Waals surface area contributed by atoms with Crippen molar-refractivity contribution in [3.05, 3.63) is 103 Å². The van der Waals surface area contributed by atoms with E-state index in [1.165, 1.54) is 0 Å². The first kappa shape index (κ1) is 19.1. The van der Waals surface area contributed by atoms with Crippen LogP contribution < -0.4 is 4.74 Å². The van der Waals surface area contributed by atoms with E-state index in [4.69, 9.17) is 4.74 Å². The van der Waals surface area contributed by atoms with Gasteiger partial charge < -0.3 is 9.84 Å². The van der Waals surface area contributed by atoms with Crippen LogP contribution in [0.4, 0.5) is 0 Å². The lowest BCUT2D eigenvalue weighted by atomic mass is 10.1. The smallest absolute Gasteiger partial charge is 0.345 e. The largest absolute Gasteiger partial charge is 0.478 e. The van der Waals surface area contributed by atoms with Gasteiger partial charge in [0.15, 0.2) is 6.10 Å². The number of hydrogen-bond donors (Lipinski definition) is 1. The van der Waals surface area contributed by atoms with Crippen molar-refractivity contribution >= 4 is 28.5 Å². The Kier molecular flexibility index (Phi) is 5.82. The van der Waals surface area contributed by atoms with Gasteiger partial charge in [-0.15, -0.1) is 0 Å². The van der Waals surface area contributed by atoms with E-state index in [0.29, 0.717) is 5.75 Å². The SMILES string of the molecule is O=C(O)C(Cc1ccccc1Sc1ccccc1)Oc1cccc2ccccc12. The summed E-state index contributed by atoms with van der Waals surface area (Å²) >= 11 is 1.63. The number of carboxylic acid groups (broad SMARTS) is 1. The Hall–Kier alpha value is -3.24. The number of fused-ring (bicyclic) bond motifs is 1. The van der Waals surface area contributed by atoms with Crippen LogP contribution in [0.1, 0.15) is 5.56 Å². The number of carboxylic acids is 1. The second-order valence-corrected chi connectivity index (χ2v) is 7.76. The fraction of sp³-hybridized carbons (Fsp3) is 0.0800. The molecule has 0 aliphatic rings. The third-order valence-corrected chi connectivity index (χ3v) is 5.77. The third kappa shape index (κ3) is 4.61. The molecule has 4 rings (SSSR count). The Labute approximate surface area is 174 Å². The van der Waals surface area contributed by atoms with E-state index >= 15 is 0 Å². The Morgan fingerprint density at radius 1 is 0.828 bits per heavy atom. The van der Waals surface area contributed by atoms with E-state index in [1.807, 2.05) is 97.1 Å². The lowest BCUT2D eigenvalue weighted by Gasteiger charge is -2.18. The molecule has 144 valence electrons. The summed E-state index contributed by atoms with van der Waals surface area (Å²) in [5, 5.41) is 11.7. The number of hydrogen-bond acceptors (Lipinski definition) is 3. The standard InChI is InChI=1S/C25H20O3S/c26-25(27)23(28-22-15-8-11-18-9-4-6-14-21(18)22)17-19-10-5-7-16-24(19)29-20-12-2-1-3-13-20/h1-16,23H,17H2,(H,26,27). The molecule has 0 aliphatic carbocycles. The molecule has 0 fully saturated rings. The zero-order valence-electron chi connectivity index (χ0n) is 15.7. The van der Waals surface area contributed by atoms with Gasteiger partial charge in [0.05, 0.1) is 0 Å². The zero-order valence-corrected chi connectivity index (χ0v) is 16.5. The summed E-state index contributed by atoms with van der Waals surface area (Å²) in [6.07, 6.45) is -0.687. The van der Waals surface area contributed by atoms with Crippen LogP contribution in [0, 0.1) is 0 Å². The number of carbonyl (C=O) groups is 1. The van der Waals surface area contributed by atoms with E-state index in [-0.39, 0.29) is 6.42 Å². The van der Waals surface area contributed by atoms with E-state index in [0.717, 1.165) is 26.1 Å². The van der Waals surface area contributed by atoms with Crippen molar-refractivity contribution in [3.63, 3.8) is 0 Å². The Bertz CT molecular complexity index is 1120. The summed E-state index contributed by atoms with van der Waals surface area (Å²) < 4.78 is 5.99. The van der Waals surface area contributed by atoms with Crippen LogP contribution in [0.25, 0.3) is 10.8 Å². The molecule has 4 heteroatoms. The minimum absolute atomic E-state index is 0.286. The van der Waals surface area contributed by atoms with Crippen LogP contribution in [0.5, 0.6) is 5.75 Å². The first-order chi connectivity index (χ1) is 14.2. The van der Waals surface area contributed by atoms with Gasteiger partial charge in [-0.3, -0.25) is 0 Å². The molecule has 0 spiro atoms. The highest BCUT2D eigenvalue weighted by Gasteiger charge is 2.22. The lowest BCUT2D eigenvalue weighted by molar-refractivity contribution is -0.145. The van der Waals surface area contributed by atoms with Crippen molar-refractivity contribution < 1.29 is 14.6 Å². The highest BCUT2D eigenvalue weighted by Crippen LogP contribution is 2.32. The maximum atomic E-state index is 12.0. The summed E-state index contributed by atoms with van der Waals surface area (Å²) in [5.74, 6) is -0.388. The second-order valence-electron chi connectivity index (χ2n) is 6.65. The van der Waals surface area contributed by atoms with Crippen LogP contribution in [0.15, 0.2) is 107 Å². The van der Waals surface area contributed by atoms with E-state index in [1.54, 1.807) is 11.8 Å². The first-order valence-electron chi connectivity index (χ1n) is 9.39. The summed E-state index contributed by atoms with van der Waals surface area (Å²) in [6.45, 7) is 0. The van der Waals surface area contributed by atoms with Crippen molar-refractivity contribution in [1.82, 2.24) is 0 Å². The monoisotopic (exact) mass is 400 g/mol. The molecule has 0 amide bonds. The van der Waals surface area contributed by atoms with Crippen molar-refractivity contribution in [2.24, 2.45) is 0 Å². The van der Waals surface area contributed by atoms with Gasteiger partial charge in [0.2, 0.25) is 0 Å². The zero-order chi connectivity index (χ0) is 20.1. The Morgan fingerprint density at radius 3 is 2.34 bits per heavy atom. The summed E-state index contributed by atoms with van der Waals surface area (Å²) in [4.78, 5) is 14.1. The molecule has 29 heavy (non-hydrogen) atoms. The molecule has 0 heterocycles. The third-order valence-electron chi connectivity index (χ3n) is 4.64. The van der Waals surface area contributed by atoms with Crippen molar-refractivity contribution in [2.75, 3.05) is 0 Å². The van der Waals surface area contributed by atoms with Crippen LogP contribution in [-0.2, 0) is 11.2 Å². The summed E-state index contributed by atoms with van der Waals surface area (Å²) in [6, 6.07) is 31.5. The number of aliphatic carboxylic acids is 1. The van der Waals surface area contributed by atoms with Gasteiger partial charge in [-0.2, -0.15) is 0 Å². The van der Waals surface area contributed by atoms with E-state index in [2.05, 4.69) is 0 Å². The van der Waals surface area contributed by atoms with Gasteiger partial charge in [0.25, 0.3) is 0 Å². The average Bonchev–Trinajstić information content (AvgIpc) is 2.75. The maximum absolute atomic E-state index is 12.0. The molecule has 4 aromatic rings. The van der Waals surface area contributed by atoms with Gasteiger partial charge in [0, 0.05) is 21.6 Å². The molecule has 0 saturated carbocycles. The van der Waals surface area contributed by atoms with Crippen LogP contribution in [0.3, 0.4) is 0 Å². The predicted octanol–water partition coefficient (Wildman–Crippen LogP) is 6.07. The minimum Gasteiger partial charge on any atom is -0.478 e. The van der Waals surface area contributed by atoms with E-state index < -0.39 is 12.1 Å². The quantitative estimate of drug-likeness (QED) is 0.409. The molecular formula is C25H20O3S. The van der Waals surface area contributed by atoms with Crippen molar-refractivity contribution in [1.29, 1.82) is 0 Å². The Balaban J connectivity index is 1.60. The molecule has 4 aromatic carbocycles.